The first-order valence-electron chi connectivity index (χ1n) is 10.7. The van der Waals surface area contributed by atoms with Crippen molar-refractivity contribution in [2.24, 2.45) is 5.92 Å². The SMILES string of the molecule is CCCC(=O)N1CCc2nc(C3CCN(C(=O)C4CCC4)CC3)[nH]c(=O)c2C1. The molecule has 1 saturated carbocycles. The highest BCUT2D eigenvalue weighted by Gasteiger charge is 2.33. The fourth-order valence-electron chi connectivity index (χ4n) is 4.51. The molecule has 0 bridgehead atoms. The molecular weight excluding hydrogens is 356 g/mol. The summed E-state index contributed by atoms with van der Waals surface area (Å²) in [6.45, 7) is 4.49. The molecule has 1 aromatic rings. The summed E-state index contributed by atoms with van der Waals surface area (Å²) in [5, 5.41) is 0. The van der Waals surface area contributed by atoms with Crippen LogP contribution in [0.4, 0.5) is 0 Å². The topological polar surface area (TPSA) is 86.4 Å². The van der Waals surface area contributed by atoms with Crippen LogP contribution in [0.25, 0.3) is 0 Å². The predicted octanol–water partition coefficient (Wildman–Crippen LogP) is 1.96. The van der Waals surface area contributed by atoms with Crippen LogP contribution in [0.3, 0.4) is 0 Å². The Balaban J connectivity index is 1.42. The smallest absolute Gasteiger partial charge is 0.256 e. The number of fused-ring (bicyclic) bond motifs is 1. The largest absolute Gasteiger partial charge is 0.342 e. The molecule has 7 nitrogen and oxygen atoms in total. The van der Waals surface area contributed by atoms with Crippen molar-refractivity contribution in [1.29, 1.82) is 0 Å². The summed E-state index contributed by atoms with van der Waals surface area (Å²) in [6, 6.07) is 0. The Kier molecular flexibility index (Phi) is 5.51. The minimum Gasteiger partial charge on any atom is -0.342 e. The molecule has 2 amide bonds. The molecule has 2 fully saturated rings. The Morgan fingerprint density at radius 3 is 2.50 bits per heavy atom. The second-order valence-electron chi connectivity index (χ2n) is 8.42. The third-order valence-electron chi connectivity index (χ3n) is 6.55. The number of piperidine rings is 1. The van der Waals surface area contributed by atoms with E-state index in [1.807, 2.05) is 11.8 Å². The standard InChI is InChI=1S/C21H30N4O3/c1-2-4-18(26)25-12-9-17-16(13-25)20(27)23-19(22-17)14-7-10-24(11-8-14)21(28)15-5-3-6-15/h14-15H,2-13H2,1H3,(H,22,23,27). The summed E-state index contributed by atoms with van der Waals surface area (Å²) < 4.78 is 0. The van der Waals surface area contributed by atoms with Crippen molar-refractivity contribution in [2.75, 3.05) is 19.6 Å². The lowest BCUT2D eigenvalue weighted by Crippen LogP contribution is -2.44. The van der Waals surface area contributed by atoms with E-state index in [-0.39, 0.29) is 23.3 Å². The molecule has 1 N–H and O–H groups in total. The van der Waals surface area contributed by atoms with E-state index >= 15 is 0 Å². The van der Waals surface area contributed by atoms with E-state index in [1.165, 1.54) is 6.42 Å². The van der Waals surface area contributed by atoms with Crippen molar-refractivity contribution >= 4 is 11.8 Å². The second kappa shape index (κ2) is 8.05. The first-order chi connectivity index (χ1) is 13.6. The molecule has 1 aromatic heterocycles. The van der Waals surface area contributed by atoms with Gasteiger partial charge in [-0.2, -0.15) is 0 Å². The molecule has 0 spiro atoms. The van der Waals surface area contributed by atoms with Gasteiger partial charge < -0.3 is 14.8 Å². The quantitative estimate of drug-likeness (QED) is 0.857. The van der Waals surface area contributed by atoms with Crippen molar-refractivity contribution in [1.82, 2.24) is 19.8 Å². The maximum Gasteiger partial charge on any atom is 0.256 e. The number of nitrogens with one attached hydrogen (secondary N) is 1. The summed E-state index contributed by atoms with van der Waals surface area (Å²) in [5.41, 5.74) is 1.37. The van der Waals surface area contributed by atoms with Crippen molar-refractivity contribution in [3.05, 3.63) is 27.4 Å². The van der Waals surface area contributed by atoms with Crippen LogP contribution in [0.5, 0.6) is 0 Å². The van der Waals surface area contributed by atoms with Gasteiger partial charge in [-0.05, 0) is 32.1 Å². The minimum absolute atomic E-state index is 0.109. The van der Waals surface area contributed by atoms with Crippen LogP contribution in [-0.2, 0) is 22.6 Å². The second-order valence-corrected chi connectivity index (χ2v) is 8.42. The van der Waals surface area contributed by atoms with Gasteiger partial charge in [0.15, 0.2) is 0 Å². The molecule has 3 aliphatic rings. The molecule has 1 aliphatic carbocycles. The van der Waals surface area contributed by atoms with Gasteiger partial charge in [-0.25, -0.2) is 4.98 Å². The first kappa shape index (κ1) is 19.2. The van der Waals surface area contributed by atoms with Gasteiger partial charge in [0.2, 0.25) is 11.8 Å². The number of H-pyrrole nitrogens is 1. The number of likely N-dealkylation sites (tertiary alicyclic amines) is 1. The monoisotopic (exact) mass is 386 g/mol. The zero-order chi connectivity index (χ0) is 19.7. The van der Waals surface area contributed by atoms with Crippen LogP contribution in [-0.4, -0.2) is 51.2 Å². The van der Waals surface area contributed by atoms with E-state index in [2.05, 4.69) is 4.98 Å². The molecule has 28 heavy (non-hydrogen) atoms. The van der Waals surface area contributed by atoms with Gasteiger partial charge in [-0.15, -0.1) is 0 Å². The van der Waals surface area contributed by atoms with Gasteiger partial charge in [0.05, 0.1) is 17.8 Å². The van der Waals surface area contributed by atoms with E-state index in [0.717, 1.165) is 56.7 Å². The minimum atomic E-state index is -0.109. The summed E-state index contributed by atoms with van der Waals surface area (Å²) in [4.78, 5) is 48.8. The van der Waals surface area contributed by atoms with Crippen molar-refractivity contribution in [3.63, 3.8) is 0 Å². The number of hydrogen-bond acceptors (Lipinski definition) is 4. The predicted molar refractivity (Wildman–Crippen MR) is 105 cm³/mol. The number of amides is 2. The molecule has 2 aliphatic heterocycles. The van der Waals surface area contributed by atoms with E-state index in [4.69, 9.17) is 4.98 Å². The van der Waals surface area contributed by atoms with Gasteiger partial charge in [0.25, 0.3) is 5.56 Å². The Bertz CT molecular complexity index is 806. The lowest BCUT2D eigenvalue weighted by molar-refractivity contribution is -0.139. The van der Waals surface area contributed by atoms with Gasteiger partial charge >= 0.3 is 0 Å². The molecular formula is C21H30N4O3. The van der Waals surface area contributed by atoms with Gasteiger partial charge in [0.1, 0.15) is 5.82 Å². The van der Waals surface area contributed by atoms with E-state index in [0.29, 0.717) is 37.4 Å². The number of rotatable bonds is 4. The number of carbonyl (C=O) groups excluding carboxylic acids is 2. The van der Waals surface area contributed by atoms with Crippen molar-refractivity contribution in [3.8, 4) is 0 Å². The highest BCUT2D eigenvalue weighted by atomic mass is 16.2. The fraction of sp³-hybridized carbons (Fsp3) is 0.714. The maximum absolute atomic E-state index is 12.7. The molecule has 0 aromatic carbocycles. The van der Waals surface area contributed by atoms with Gasteiger partial charge in [-0.1, -0.05) is 13.3 Å². The number of nitrogens with zero attached hydrogens (tertiary/aromatic N) is 3. The summed E-state index contributed by atoms with van der Waals surface area (Å²) in [7, 11) is 0. The van der Waals surface area contributed by atoms with E-state index in [9.17, 15) is 14.4 Å². The number of aromatic amines is 1. The highest BCUT2D eigenvalue weighted by Crippen LogP contribution is 2.32. The zero-order valence-corrected chi connectivity index (χ0v) is 16.7. The van der Waals surface area contributed by atoms with Crippen LogP contribution in [0, 0.1) is 5.92 Å². The van der Waals surface area contributed by atoms with Crippen molar-refractivity contribution in [2.45, 2.75) is 70.8 Å². The van der Waals surface area contributed by atoms with Crippen LogP contribution in [0.1, 0.15) is 74.9 Å². The van der Waals surface area contributed by atoms with Crippen LogP contribution < -0.4 is 5.56 Å². The highest BCUT2D eigenvalue weighted by molar-refractivity contribution is 5.79. The first-order valence-corrected chi connectivity index (χ1v) is 10.7. The molecule has 1 saturated heterocycles. The normalized spacial score (nSPS) is 20.6. The molecule has 4 rings (SSSR count). The number of hydrogen-bond donors (Lipinski definition) is 1. The molecule has 0 radical (unpaired) electrons. The lowest BCUT2D eigenvalue weighted by atomic mass is 9.83. The van der Waals surface area contributed by atoms with Gasteiger partial charge in [-0.3, -0.25) is 14.4 Å². The van der Waals surface area contributed by atoms with E-state index in [1.54, 1.807) is 4.90 Å². The molecule has 0 atom stereocenters. The average Bonchev–Trinajstić information content (AvgIpc) is 2.66. The molecule has 3 heterocycles. The Labute approximate surface area is 165 Å². The fourth-order valence-corrected chi connectivity index (χ4v) is 4.51. The molecule has 7 heteroatoms. The van der Waals surface area contributed by atoms with Gasteiger partial charge in [0, 0.05) is 44.3 Å². The maximum atomic E-state index is 12.7. The molecule has 0 unspecified atom stereocenters. The molecule has 152 valence electrons. The van der Waals surface area contributed by atoms with Crippen LogP contribution in [0.15, 0.2) is 4.79 Å². The van der Waals surface area contributed by atoms with E-state index < -0.39 is 0 Å². The lowest BCUT2D eigenvalue weighted by Gasteiger charge is -2.36. The Morgan fingerprint density at radius 1 is 1.11 bits per heavy atom. The van der Waals surface area contributed by atoms with Crippen LogP contribution in [0.2, 0.25) is 0 Å². The average molecular weight is 386 g/mol. The summed E-state index contributed by atoms with van der Waals surface area (Å²) in [6.07, 6.45) is 6.93. The Hall–Kier alpha value is -2.18. The van der Waals surface area contributed by atoms with Crippen LogP contribution >= 0.6 is 0 Å². The number of carbonyl (C=O) groups is 2. The third kappa shape index (κ3) is 3.71. The Morgan fingerprint density at radius 2 is 1.86 bits per heavy atom. The van der Waals surface area contributed by atoms with Crippen molar-refractivity contribution < 1.29 is 9.59 Å². The summed E-state index contributed by atoms with van der Waals surface area (Å²) in [5.74, 6) is 1.63. The zero-order valence-electron chi connectivity index (χ0n) is 16.7. The summed E-state index contributed by atoms with van der Waals surface area (Å²) >= 11 is 0. The number of aromatic nitrogens is 2. The third-order valence-corrected chi connectivity index (χ3v) is 6.55.